The molecular weight excluding hydrogens is 422 g/mol. The van der Waals surface area contributed by atoms with Crippen molar-refractivity contribution in [3.8, 4) is 0 Å². The number of Topliss-reactive ketones (excluding diaryl/α,β-unsaturated/α-hetero) is 3. The minimum Gasteiger partial charge on any atom is -0.327 e. The molecule has 1 amide bonds. The van der Waals surface area contributed by atoms with Gasteiger partial charge in [-0.05, 0) is 25.7 Å². The van der Waals surface area contributed by atoms with Gasteiger partial charge in [0.1, 0.15) is 11.6 Å². The van der Waals surface area contributed by atoms with Gasteiger partial charge in [-0.15, -0.1) is 0 Å². The van der Waals surface area contributed by atoms with Crippen LogP contribution in [-0.2, 0) is 20.9 Å². The first-order valence-corrected chi connectivity index (χ1v) is 12.3. The summed E-state index contributed by atoms with van der Waals surface area (Å²) in [4.78, 5) is 53.3. The molecule has 33 heavy (non-hydrogen) atoms. The molecule has 2 heterocycles. The second-order valence-corrected chi connectivity index (χ2v) is 9.64. The maximum atomic E-state index is 12.6. The molecule has 2 atom stereocenters. The number of anilines is 1. The van der Waals surface area contributed by atoms with Crippen LogP contribution in [0.15, 0.2) is 6.33 Å². The van der Waals surface area contributed by atoms with Crippen molar-refractivity contribution in [2.75, 3.05) is 5.32 Å². The van der Waals surface area contributed by atoms with Gasteiger partial charge in [-0.3, -0.25) is 24.9 Å². The van der Waals surface area contributed by atoms with E-state index in [1.807, 2.05) is 0 Å². The second-order valence-electron chi connectivity index (χ2n) is 9.64. The summed E-state index contributed by atoms with van der Waals surface area (Å²) in [5, 5.41) is 5.47. The Morgan fingerprint density at radius 2 is 1.82 bits per heavy atom. The van der Waals surface area contributed by atoms with E-state index in [0.29, 0.717) is 30.9 Å². The van der Waals surface area contributed by atoms with Gasteiger partial charge >= 0.3 is 0 Å². The largest absolute Gasteiger partial charge is 0.327 e. The molecule has 1 aromatic rings. The van der Waals surface area contributed by atoms with Crippen molar-refractivity contribution in [1.29, 1.82) is 0 Å². The maximum Gasteiger partial charge on any atom is 0.274 e. The second kappa shape index (κ2) is 11.0. The number of ketones is 3. The van der Waals surface area contributed by atoms with Gasteiger partial charge in [-0.1, -0.05) is 46.0 Å². The molecule has 1 fully saturated rings. The van der Waals surface area contributed by atoms with Gasteiger partial charge in [-0.2, -0.15) is 0 Å². The van der Waals surface area contributed by atoms with Gasteiger partial charge in [0.2, 0.25) is 5.79 Å². The van der Waals surface area contributed by atoms with Gasteiger partial charge in [0.15, 0.2) is 17.3 Å². The van der Waals surface area contributed by atoms with Gasteiger partial charge in [0, 0.05) is 25.3 Å². The summed E-state index contributed by atoms with van der Waals surface area (Å²) in [5.41, 5.74) is 6.48. The lowest BCUT2D eigenvalue weighted by atomic mass is 9.83. The summed E-state index contributed by atoms with van der Waals surface area (Å²) in [5.74, 6) is -2.41. The monoisotopic (exact) mass is 459 g/mol. The zero-order valence-electron chi connectivity index (χ0n) is 19.8. The van der Waals surface area contributed by atoms with Crippen LogP contribution in [0.3, 0.4) is 0 Å². The van der Waals surface area contributed by atoms with Gasteiger partial charge in [0.05, 0.1) is 12.2 Å². The highest BCUT2D eigenvalue weighted by atomic mass is 16.2. The predicted octanol–water partition coefficient (Wildman–Crippen LogP) is 2.94. The lowest BCUT2D eigenvalue weighted by Gasteiger charge is -2.35. The molecule has 1 aliphatic carbocycles. The fraction of sp³-hybridized carbons (Fsp3) is 0.708. The first-order valence-electron chi connectivity index (χ1n) is 12.3. The summed E-state index contributed by atoms with van der Waals surface area (Å²) < 4.78 is 1.79. The topological polar surface area (TPSA) is 136 Å². The third-order valence-corrected chi connectivity index (χ3v) is 6.61. The number of imidazole rings is 1. The standard InChI is InChI=1S/C24H37N5O4/c1-16(2)21(32)24(25)27-22-20(23(33)28-24)29(15-26-22)14-10-6-4-3-5-7-12-18(30)17-11-8-9-13-19(17)31/h15-17,27H,3-14,25H2,1-2H3,(H,28,33). The van der Waals surface area contributed by atoms with E-state index in [0.717, 1.165) is 57.8 Å². The number of aromatic nitrogens is 2. The highest BCUT2D eigenvalue weighted by Crippen LogP contribution is 2.25. The van der Waals surface area contributed by atoms with Crippen molar-refractivity contribution in [1.82, 2.24) is 14.9 Å². The molecule has 4 N–H and O–H groups in total. The van der Waals surface area contributed by atoms with Crippen LogP contribution in [0.5, 0.6) is 0 Å². The van der Waals surface area contributed by atoms with Crippen molar-refractivity contribution in [3.05, 3.63) is 12.0 Å². The summed E-state index contributed by atoms with van der Waals surface area (Å²) in [6.07, 6.45) is 11.2. The first-order chi connectivity index (χ1) is 15.7. The number of rotatable bonds is 12. The number of nitrogens with zero attached hydrogens (tertiary/aromatic N) is 2. The molecule has 0 spiro atoms. The summed E-state index contributed by atoms with van der Waals surface area (Å²) in [7, 11) is 0. The first kappa shape index (κ1) is 25.1. The molecule has 2 aliphatic rings. The quantitative estimate of drug-likeness (QED) is 0.323. The Bertz CT molecular complexity index is 893. The Morgan fingerprint density at radius 1 is 1.12 bits per heavy atom. The SMILES string of the molecule is CC(C)C(=O)C1(N)NC(=O)c2c(ncn2CCCCCCCCC(=O)C2CCCCC2=O)N1. The van der Waals surface area contributed by atoms with Crippen molar-refractivity contribution in [2.45, 2.75) is 96.8 Å². The van der Waals surface area contributed by atoms with E-state index in [4.69, 9.17) is 5.73 Å². The number of fused-ring (bicyclic) bond motifs is 1. The molecule has 2 unspecified atom stereocenters. The van der Waals surface area contributed by atoms with Crippen LogP contribution in [0.4, 0.5) is 5.82 Å². The van der Waals surface area contributed by atoms with Crippen molar-refractivity contribution in [3.63, 3.8) is 0 Å². The fourth-order valence-corrected chi connectivity index (χ4v) is 4.70. The molecule has 0 saturated heterocycles. The van der Waals surface area contributed by atoms with Crippen molar-refractivity contribution >= 4 is 29.1 Å². The predicted molar refractivity (Wildman–Crippen MR) is 124 cm³/mol. The lowest BCUT2D eigenvalue weighted by molar-refractivity contribution is -0.134. The molecule has 0 radical (unpaired) electrons. The molecule has 182 valence electrons. The van der Waals surface area contributed by atoms with Crippen LogP contribution in [0.1, 0.15) is 95.0 Å². The minimum atomic E-state index is -1.64. The third kappa shape index (κ3) is 6.07. The van der Waals surface area contributed by atoms with Crippen LogP contribution in [0, 0.1) is 11.8 Å². The molecule has 0 bridgehead atoms. The minimum absolute atomic E-state index is 0.132. The Morgan fingerprint density at radius 3 is 2.52 bits per heavy atom. The van der Waals surface area contributed by atoms with E-state index in [1.165, 1.54) is 0 Å². The van der Waals surface area contributed by atoms with Crippen molar-refractivity contribution < 1.29 is 19.2 Å². The van der Waals surface area contributed by atoms with E-state index in [-0.39, 0.29) is 29.2 Å². The number of amides is 1. The Kier molecular flexibility index (Phi) is 8.40. The van der Waals surface area contributed by atoms with Gasteiger partial charge in [-0.25, -0.2) is 4.98 Å². The molecule has 1 saturated carbocycles. The van der Waals surface area contributed by atoms with Gasteiger partial charge in [0.25, 0.3) is 5.91 Å². The molecule has 9 nitrogen and oxygen atoms in total. The van der Waals surface area contributed by atoms with Crippen LogP contribution in [0.2, 0.25) is 0 Å². The number of carbonyl (C=O) groups excluding carboxylic acids is 4. The summed E-state index contributed by atoms with van der Waals surface area (Å²) >= 11 is 0. The van der Waals surface area contributed by atoms with Gasteiger partial charge < -0.3 is 15.2 Å². The van der Waals surface area contributed by atoms with E-state index < -0.39 is 11.7 Å². The number of hydrogen-bond donors (Lipinski definition) is 3. The fourth-order valence-electron chi connectivity index (χ4n) is 4.70. The van der Waals surface area contributed by atoms with E-state index in [2.05, 4.69) is 15.6 Å². The molecule has 1 aromatic heterocycles. The maximum absolute atomic E-state index is 12.6. The average molecular weight is 460 g/mol. The van der Waals surface area contributed by atoms with Crippen molar-refractivity contribution in [2.24, 2.45) is 17.6 Å². The number of carbonyl (C=O) groups is 4. The van der Waals surface area contributed by atoms with Crippen LogP contribution < -0.4 is 16.4 Å². The van der Waals surface area contributed by atoms with E-state index >= 15 is 0 Å². The molecular formula is C24H37N5O4. The van der Waals surface area contributed by atoms with Crippen LogP contribution in [0.25, 0.3) is 0 Å². The number of nitrogens with one attached hydrogen (secondary N) is 2. The molecule has 0 aromatic carbocycles. The summed E-state index contributed by atoms with van der Waals surface area (Å²) in [6, 6.07) is 0. The number of unbranched alkanes of at least 4 members (excludes halogenated alkanes) is 5. The third-order valence-electron chi connectivity index (χ3n) is 6.61. The average Bonchev–Trinajstić information content (AvgIpc) is 3.17. The van der Waals surface area contributed by atoms with Crippen LogP contribution in [-0.4, -0.2) is 38.6 Å². The smallest absolute Gasteiger partial charge is 0.274 e. The number of aryl methyl sites for hydroxylation is 1. The highest BCUT2D eigenvalue weighted by molar-refractivity contribution is 6.06. The number of nitrogens with two attached hydrogens (primary N) is 1. The highest BCUT2D eigenvalue weighted by Gasteiger charge is 2.43. The zero-order chi connectivity index (χ0) is 24.0. The molecule has 3 rings (SSSR count). The summed E-state index contributed by atoms with van der Waals surface area (Å²) in [6.45, 7) is 4.11. The van der Waals surface area contributed by atoms with E-state index in [1.54, 1.807) is 24.7 Å². The zero-order valence-corrected chi connectivity index (χ0v) is 19.8. The van der Waals surface area contributed by atoms with Crippen LogP contribution >= 0.6 is 0 Å². The Balaban J connectivity index is 1.35. The Hall–Kier alpha value is -2.55. The molecule has 1 aliphatic heterocycles. The number of hydrogen-bond acceptors (Lipinski definition) is 7. The van der Waals surface area contributed by atoms with E-state index in [9.17, 15) is 19.2 Å². The molecule has 9 heteroatoms. The Labute approximate surface area is 195 Å². The lowest BCUT2D eigenvalue weighted by Crippen LogP contribution is -2.70. The normalized spacial score (nSPS) is 22.6.